The van der Waals surface area contributed by atoms with E-state index in [9.17, 15) is 8.78 Å². The minimum absolute atomic E-state index is 0.470. The maximum absolute atomic E-state index is 13.8. The van der Waals surface area contributed by atoms with Crippen molar-refractivity contribution < 1.29 is 8.78 Å². The summed E-state index contributed by atoms with van der Waals surface area (Å²) in [5.41, 5.74) is 9.85. The minimum atomic E-state index is -0.538. The summed E-state index contributed by atoms with van der Waals surface area (Å²) in [6, 6.07) is 43.2. The summed E-state index contributed by atoms with van der Waals surface area (Å²) in [6.07, 6.45) is 7.22. The third kappa shape index (κ3) is 13.3. The predicted molar refractivity (Wildman–Crippen MR) is 264 cm³/mol. The van der Waals surface area contributed by atoms with Crippen LogP contribution in [0.2, 0.25) is 0 Å². The van der Waals surface area contributed by atoms with E-state index >= 15 is 0 Å². The summed E-state index contributed by atoms with van der Waals surface area (Å²) in [5, 5.41) is 10.3. The van der Waals surface area contributed by atoms with Crippen LogP contribution in [0.3, 0.4) is 0 Å². The van der Waals surface area contributed by atoms with E-state index in [1.807, 2.05) is 41.7 Å². The summed E-state index contributed by atoms with van der Waals surface area (Å²) in [7, 11) is 0. The third-order valence-corrected chi connectivity index (χ3v) is 16.2. The lowest BCUT2D eigenvalue weighted by atomic mass is 9.90. The van der Waals surface area contributed by atoms with Crippen LogP contribution in [0.1, 0.15) is 95.2 Å². The van der Waals surface area contributed by atoms with Crippen molar-refractivity contribution in [1.29, 1.82) is 0 Å². The second-order valence-electron chi connectivity index (χ2n) is 17.0. The van der Waals surface area contributed by atoms with E-state index in [2.05, 4.69) is 135 Å². The molecular weight excluding hydrogens is 837 g/mol. The van der Waals surface area contributed by atoms with Crippen molar-refractivity contribution in [3.05, 3.63) is 178 Å². The van der Waals surface area contributed by atoms with E-state index in [1.165, 1.54) is 108 Å². The first-order valence-electron chi connectivity index (χ1n) is 22.7. The normalized spacial score (nSPS) is 16.1. The fourth-order valence-electron chi connectivity index (χ4n) is 8.67. The highest BCUT2D eigenvalue weighted by Gasteiger charge is 2.21. The second-order valence-corrected chi connectivity index (χ2v) is 20.3. The molecule has 3 aliphatic heterocycles. The zero-order valence-electron chi connectivity index (χ0n) is 37.3. The van der Waals surface area contributed by atoms with Crippen LogP contribution in [0, 0.1) is 39.3 Å². The molecule has 8 heteroatoms. The molecular formula is C55H63F2N3S3. The molecule has 6 aromatic rings. The number of halogens is 2. The minimum Gasteiger partial charge on any atom is -0.317 e. The van der Waals surface area contributed by atoms with Crippen LogP contribution in [0.25, 0.3) is 0 Å². The van der Waals surface area contributed by atoms with Gasteiger partial charge in [0.05, 0.1) is 0 Å². The first-order valence-corrected chi connectivity index (χ1v) is 25.2. The van der Waals surface area contributed by atoms with E-state index in [4.69, 9.17) is 0 Å². The molecule has 330 valence electrons. The van der Waals surface area contributed by atoms with E-state index in [1.54, 1.807) is 0 Å². The number of hydrogen-bond acceptors (Lipinski definition) is 6. The molecule has 9 rings (SSSR count). The first-order chi connectivity index (χ1) is 30.7. The molecule has 3 nitrogen and oxygen atoms in total. The van der Waals surface area contributed by atoms with Gasteiger partial charge in [0.2, 0.25) is 0 Å². The molecule has 0 spiro atoms. The van der Waals surface area contributed by atoms with Crippen LogP contribution in [-0.4, -0.2) is 39.3 Å². The number of piperidine rings is 3. The Balaban J connectivity index is 0.000000142. The molecule has 0 bridgehead atoms. The zero-order chi connectivity index (χ0) is 44.0. The number of benzene rings is 6. The van der Waals surface area contributed by atoms with Crippen LogP contribution in [0.5, 0.6) is 0 Å². The molecule has 0 atom stereocenters. The molecule has 63 heavy (non-hydrogen) atoms. The lowest BCUT2D eigenvalue weighted by Crippen LogP contribution is -2.26. The van der Waals surface area contributed by atoms with E-state index in [0.717, 1.165) is 63.1 Å². The molecule has 6 aromatic carbocycles. The molecule has 3 heterocycles. The number of hydrogen-bond donors (Lipinski definition) is 3. The average Bonchev–Trinajstić information content (AvgIpc) is 3.32. The summed E-state index contributed by atoms with van der Waals surface area (Å²) in [4.78, 5) is 7.12. The van der Waals surface area contributed by atoms with Crippen LogP contribution >= 0.6 is 35.3 Å². The Labute approximate surface area is 388 Å². The molecule has 0 aliphatic carbocycles. The summed E-state index contributed by atoms with van der Waals surface area (Å²) < 4.78 is 26.8. The SMILES string of the molecule is Cc1ccc(Sc2ccccc2C2CCNCC2)cc1C.Cc1cccc(Sc2ccccc2C2CCNCC2)c1C.Fc1ccc(Sc2ccccc2C2CCNCC2)c(F)c1. The number of aryl methyl sites for hydroxylation is 3. The quantitative estimate of drug-likeness (QED) is 0.134. The molecule has 3 saturated heterocycles. The number of rotatable bonds is 9. The first kappa shape index (κ1) is 47.1. The standard InChI is InChI=1S/2C19H23NS.C17H17F2NS/c1-14-6-5-9-18(15(14)2)21-19-8-4-3-7-17(19)16-10-12-20-13-11-16;1-14-7-8-17(13-15(14)2)21-19-6-4-3-5-18(19)16-9-11-20-12-10-16;18-13-5-6-17(15(19)11-13)21-16-4-2-1-3-14(16)12-7-9-20-10-8-12/h3-9,16,20H,10-13H2,1-2H3;3-8,13,16,20H,9-12H2,1-2H3;1-6,11-12,20H,7-10H2. The van der Waals surface area contributed by atoms with E-state index in [0.29, 0.717) is 22.6 Å². The van der Waals surface area contributed by atoms with Crippen LogP contribution in [0.4, 0.5) is 8.78 Å². The van der Waals surface area contributed by atoms with Gasteiger partial charge in [0.15, 0.2) is 0 Å². The van der Waals surface area contributed by atoms with E-state index < -0.39 is 11.6 Å². The highest BCUT2D eigenvalue weighted by atomic mass is 32.2. The lowest BCUT2D eigenvalue weighted by Gasteiger charge is -2.25. The largest absolute Gasteiger partial charge is 0.317 e. The Morgan fingerprint density at radius 2 is 0.841 bits per heavy atom. The van der Waals surface area contributed by atoms with Gasteiger partial charge < -0.3 is 16.0 Å². The molecule has 0 amide bonds. The van der Waals surface area contributed by atoms with Gasteiger partial charge in [0.25, 0.3) is 0 Å². The average molecular weight is 900 g/mol. The Morgan fingerprint density at radius 1 is 0.397 bits per heavy atom. The van der Waals surface area contributed by atoms with Crippen LogP contribution < -0.4 is 16.0 Å². The fourth-order valence-corrected chi connectivity index (χ4v) is 12.0. The van der Waals surface area contributed by atoms with Gasteiger partial charge in [0.1, 0.15) is 11.6 Å². The van der Waals surface area contributed by atoms with Gasteiger partial charge in [-0.1, -0.05) is 108 Å². The molecule has 0 unspecified atom stereocenters. The summed E-state index contributed by atoms with van der Waals surface area (Å²) in [6.45, 7) is 15.4. The Bertz CT molecular complexity index is 2380. The van der Waals surface area contributed by atoms with Crippen molar-refractivity contribution >= 4 is 35.3 Å². The van der Waals surface area contributed by atoms with Crippen molar-refractivity contribution in [2.24, 2.45) is 0 Å². The summed E-state index contributed by atoms with van der Waals surface area (Å²) in [5.74, 6) is 0.892. The van der Waals surface area contributed by atoms with E-state index in [-0.39, 0.29) is 0 Å². The van der Waals surface area contributed by atoms with Crippen molar-refractivity contribution in [2.45, 2.75) is 113 Å². The second kappa shape index (κ2) is 23.9. The number of nitrogens with one attached hydrogen (secondary N) is 3. The highest BCUT2D eigenvalue weighted by Crippen LogP contribution is 2.41. The summed E-state index contributed by atoms with van der Waals surface area (Å²) >= 11 is 5.22. The Kier molecular flexibility index (Phi) is 17.8. The van der Waals surface area contributed by atoms with Gasteiger partial charge in [-0.25, -0.2) is 8.78 Å². The Morgan fingerprint density at radius 3 is 1.32 bits per heavy atom. The maximum Gasteiger partial charge on any atom is 0.140 e. The molecule has 0 radical (unpaired) electrons. The fraction of sp³-hybridized carbons (Fsp3) is 0.345. The predicted octanol–water partition coefficient (Wildman–Crippen LogP) is 14.4. The maximum atomic E-state index is 13.8. The monoisotopic (exact) mass is 899 g/mol. The van der Waals surface area contributed by atoms with Crippen molar-refractivity contribution in [3.63, 3.8) is 0 Å². The topological polar surface area (TPSA) is 36.1 Å². The third-order valence-electron chi connectivity index (χ3n) is 12.7. The van der Waals surface area contributed by atoms with Crippen molar-refractivity contribution in [2.75, 3.05) is 39.3 Å². The zero-order valence-corrected chi connectivity index (χ0v) is 39.8. The van der Waals surface area contributed by atoms with Gasteiger partial charge in [-0.2, -0.15) is 0 Å². The molecule has 0 aromatic heterocycles. The highest BCUT2D eigenvalue weighted by molar-refractivity contribution is 8.00. The molecule has 3 aliphatic rings. The van der Waals surface area contributed by atoms with Crippen LogP contribution in [0.15, 0.2) is 157 Å². The van der Waals surface area contributed by atoms with Gasteiger partial charge >= 0.3 is 0 Å². The van der Waals surface area contributed by atoms with Crippen molar-refractivity contribution in [1.82, 2.24) is 16.0 Å². The van der Waals surface area contributed by atoms with Crippen molar-refractivity contribution in [3.8, 4) is 0 Å². The smallest absolute Gasteiger partial charge is 0.140 e. The van der Waals surface area contributed by atoms with Gasteiger partial charge in [-0.05, 0) is 211 Å². The van der Waals surface area contributed by atoms with Gasteiger partial charge in [-0.3, -0.25) is 0 Å². The molecule has 3 fully saturated rings. The van der Waals surface area contributed by atoms with Gasteiger partial charge in [0, 0.05) is 35.4 Å². The molecule has 3 N–H and O–H groups in total. The van der Waals surface area contributed by atoms with Crippen LogP contribution in [-0.2, 0) is 0 Å². The Hall–Kier alpha value is -3.89. The molecule has 0 saturated carbocycles. The van der Waals surface area contributed by atoms with Gasteiger partial charge in [-0.15, -0.1) is 0 Å². The lowest BCUT2D eigenvalue weighted by molar-refractivity contribution is 0.456.